The van der Waals surface area contributed by atoms with Crippen molar-refractivity contribution >= 4 is 43.8 Å². The lowest BCUT2D eigenvalue weighted by Gasteiger charge is -2.23. The normalized spacial score (nSPS) is 12.0. The molecule has 172 valence electrons. The maximum absolute atomic E-state index is 13.2. The second-order valence-electron chi connectivity index (χ2n) is 6.72. The lowest BCUT2D eigenvalue weighted by Crippen LogP contribution is -2.39. The number of alkyl halides is 3. The van der Waals surface area contributed by atoms with Crippen LogP contribution in [0.2, 0.25) is 0 Å². The van der Waals surface area contributed by atoms with Gasteiger partial charge in [-0.1, -0.05) is 46.3 Å². The topological polar surface area (TPSA) is 78.8 Å². The zero-order valence-electron chi connectivity index (χ0n) is 16.8. The van der Waals surface area contributed by atoms with Crippen LogP contribution in [-0.2, 0) is 21.0 Å². The van der Waals surface area contributed by atoms with Gasteiger partial charge in [-0.2, -0.15) is 18.3 Å². The van der Waals surface area contributed by atoms with Crippen molar-refractivity contribution in [3.8, 4) is 0 Å². The fourth-order valence-corrected chi connectivity index (χ4v) is 4.49. The van der Waals surface area contributed by atoms with E-state index in [0.29, 0.717) is 0 Å². The molecule has 1 amide bonds. The van der Waals surface area contributed by atoms with E-state index in [0.717, 1.165) is 27.1 Å². The maximum atomic E-state index is 13.2. The Morgan fingerprint density at radius 3 is 2.30 bits per heavy atom. The molecule has 33 heavy (non-hydrogen) atoms. The largest absolute Gasteiger partial charge is 0.416 e. The molecule has 3 rings (SSSR count). The number of amides is 1. The Balaban J connectivity index is 1.80. The fraction of sp³-hybridized carbons (Fsp3) is 0.0909. The van der Waals surface area contributed by atoms with Crippen molar-refractivity contribution in [3.05, 3.63) is 94.5 Å². The van der Waals surface area contributed by atoms with Crippen molar-refractivity contribution in [2.75, 3.05) is 10.8 Å². The average molecular weight is 540 g/mol. The van der Waals surface area contributed by atoms with E-state index in [2.05, 4.69) is 26.5 Å². The first-order valence-electron chi connectivity index (χ1n) is 9.40. The van der Waals surface area contributed by atoms with Gasteiger partial charge in [-0.05, 0) is 54.1 Å². The van der Waals surface area contributed by atoms with E-state index < -0.39 is 34.2 Å². The molecule has 0 fully saturated rings. The van der Waals surface area contributed by atoms with Crippen LogP contribution in [0.4, 0.5) is 18.9 Å². The molecule has 0 aliphatic heterocycles. The number of halogens is 4. The Hall–Kier alpha value is -3.18. The molecule has 0 spiro atoms. The molecule has 0 bridgehead atoms. The Labute approximate surface area is 196 Å². The summed E-state index contributed by atoms with van der Waals surface area (Å²) in [4.78, 5) is 12.5. The van der Waals surface area contributed by atoms with E-state index in [-0.39, 0.29) is 16.1 Å². The molecule has 0 aromatic heterocycles. The average Bonchev–Trinajstić information content (AvgIpc) is 2.78. The predicted octanol–water partition coefficient (Wildman–Crippen LogP) is 4.81. The Bertz CT molecular complexity index is 1250. The van der Waals surface area contributed by atoms with Gasteiger partial charge in [0.15, 0.2) is 0 Å². The summed E-state index contributed by atoms with van der Waals surface area (Å²) in [6, 6.07) is 18.3. The molecular formula is C22H17BrF3N3O3S. The van der Waals surface area contributed by atoms with Crippen LogP contribution in [0.3, 0.4) is 0 Å². The summed E-state index contributed by atoms with van der Waals surface area (Å²) in [7, 11) is -4.08. The highest BCUT2D eigenvalue weighted by Gasteiger charge is 2.30. The van der Waals surface area contributed by atoms with Gasteiger partial charge in [0.25, 0.3) is 15.9 Å². The summed E-state index contributed by atoms with van der Waals surface area (Å²) in [6.45, 7) is -0.598. The van der Waals surface area contributed by atoms with E-state index >= 15 is 0 Å². The highest BCUT2D eigenvalue weighted by molar-refractivity contribution is 9.10. The molecule has 3 aromatic carbocycles. The fourth-order valence-electron chi connectivity index (χ4n) is 2.78. The van der Waals surface area contributed by atoms with Gasteiger partial charge in [0, 0.05) is 4.47 Å². The number of benzene rings is 3. The highest BCUT2D eigenvalue weighted by Crippen LogP contribution is 2.29. The summed E-state index contributed by atoms with van der Waals surface area (Å²) in [6.07, 6.45) is -3.47. The number of carbonyl (C=O) groups is 1. The minimum atomic E-state index is -4.51. The van der Waals surface area contributed by atoms with Gasteiger partial charge in [-0.25, -0.2) is 13.8 Å². The van der Waals surface area contributed by atoms with Crippen LogP contribution in [0.1, 0.15) is 11.1 Å². The zero-order valence-corrected chi connectivity index (χ0v) is 19.2. The molecule has 1 N–H and O–H groups in total. The lowest BCUT2D eigenvalue weighted by molar-refractivity contribution is -0.137. The smallest absolute Gasteiger partial charge is 0.271 e. The van der Waals surface area contributed by atoms with E-state index in [1.807, 2.05) is 0 Å². The Morgan fingerprint density at radius 1 is 1.00 bits per heavy atom. The molecule has 0 unspecified atom stereocenters. The molecule has 0 aliphatic carbocycles. The van der Waals surface area contributed by atoms with Gasteiger partial charge in [-0.3, -0.25) is 9.10 Å². The van der Waals surface area contributed by atoms with Crippen LogP contribution in [-0.4, -0.2) is 27.1 Å². The Kier molecular flexibility index (Phi) is 7.54. The molecule has 3 aromatic rings. The molecule has 0 saturated heterocycles. The van der Waals surface area contributed by atoms with Crippen molar-refractivity contribution in [2.45, 2.75) is 11.1 Å². The van der Waals surface area contributed by atoms with Crippen LogP contribution in [0.25, 0.3) is 0 Å². The summed E-state index contributed by atoms with van der Waals surface area (Å²) >= 11 is 3.28. The first-order chi connectivity index (χ1) is 15.6. The van der Waals surface area contributed by atoms with Crippen molar-refractivity contribution < 1.29 is 26.4 Å². The van der Waals surface area contributed by atoms with Crippen LogP contribution >= 0.6 is 15.9 Å². The molecule has 0 atom stereocenters. The highest BCUT2D eigenvalue weighted by atomic mass is 79.9. The molecule has 11 heteroatoms. The quantitative estimate of drug-likeness (QED) is 0.345. The molecule has 6 nitrogen and oxygen atoms in total. The van der Waals surface area contributed by atoms with Crippen molar-refractivity contribution in [3.63, 3.8) is 0 Å². The second kappa shape index (κ2) is 10.2. The zero-order chi connectivity index (χ0) is 24.1. The summed E-state index contributed by atoms with van der Waals surface area (Å²) in [5, 5.41) is 3.66. The summed E-state index contributed by atoms with van der Waals surface area (Å²) in [5.74, 6) is -0.777. The number of hydrogen-bond acceptors (Lipinski definition) is 4. The van der Waals surface area contributed by atoms with E-state index in [9.17, 15) is 26.4 Å². The third-order valence-electron chi connectivity index (χ3n) is 4.35. The first kappa shape index (κ1) is 24.5. The number of hydrazone groups is 1. The van der Waals surface area contributed by atoms with E-state index in [4.69, 9.17) is 0 Å². The summed E-state index contributed by atoms with van der Waals surface area (Å²) in [5.41, 5.74) is 1.67. The Morgan fingerprint density at radius 2 is 1.67 bits per heavy atom. The summed E-state index contributed by atoms with van der Waals surface area (Å²) < 4.78 is 66.4. The van der Waals surface area contributed by atoms with Crippen molar-refractivity contribution in [1.82, 2.24) is 5.43 Å². The number of rotatable bonds is 7. The van der Waals surface area contributed by atoms with E-state index in [1.54, 1.807) is 30.3 Å². The van der Waals surface area contributed by atoms with Crippen LogP contribution < -0.4 is 9.73 Å². The molecule has 0 radical (unpaired) electrons. The SMILES string of the molecule is O=C(CN(c1ccc(Br)cc1)S(=O)(=O)c1ccccc1)N/N=C/c1cccc(C(F)(F)F)c1. The van der Waals surface area contributed by atoms with Crippen molar-refractivity contribution in [1.29, 1.82) is 0 Å². The second-order valence-corrected chi connectivity index (χ2v) is 9.50. The number of carbonyl (C=O) groups excluding carboxylic acids is 1. The minimum absolute atomic E-state index is 0.00631. The predicted molar refractivity (Wildman–Crippen MR) is 122 cm³/mol. The standard InChI is InChI=1S/C22H17BrF3N3O3S/c23-18-9-11-19(12-10-18)29(33(31,32)20-7-2-1-3-8-20)15-21(30)28-27-14-16-5-4-6-17(13-16)22(24,25)26/h1-14H,15H2,(H,28,30)/b27-14+. The van der Waals surface area contributed by atoms with Gasteiger partial charge in [0.2, 0.25) is 0 Å². The van der Waals surface area contributed by atoms with Gasteiger partial charge in [0.05, 0.1) is 22.4 Å². The minimum Gasteiger partial charge on any atom is -0.271 e. The molecule has 0 aliphatic rings. The monoisotopic (exact) mass is 539 g/mol. The molecule has 0 heterocycles. The number of sulfonamides is 1. The first-order valence-corrected chi connectivity index (χ1v) is 11.6. The maximum Gasteiger partial charge on any atom is 0.416 e. The number of nitrogens with one attached hydrogen (secondary N) is 1. The van der Waals surface area contributed by atoms with Crippen LogP contribution in [0, 0.1) is 0 Å². The lowest BCUT2D eigenvalue weighted by atomic mass is 10.1. The third-order valence-corrected chi connectivity index (χ3v) is 6.67. The number of nitrogens with zero attached hydrogens (tertiary/aromatic N) is 2. The number of anilines is 1. The molecular weight excluding hydrogens is 523 g/mol. The van der Waals surface area contributed by atoms with Gasteiger partial charge in [0.1, 0.15) is 6.54 Å². The van der Waals surface area contributed by atoms with Crippen LogP contribution in [0.5, 0.6) is 0 Å². The third kappa shape index (κ3) is 6.42. The van der Waals surface area contributed by atoms with Gasteiger partial charge < -0.3 is 0 Å². The van der Waals surface area contributed by atoms with Gasteiger partial charge >= 0.3 is 6.18 Å². The van der Waals surface area contributed by atoms with Crippen LogP contribution in [0.15, 0.2) is 93.3 Å². The van der Waals surface area contributed by atoms with Crippen molar-refractivity contribution in [2.24, 2.45) is 5.10 Å². The molecule has 0 saturated carbocycles. The van der Waals surface area contributed by atoms with E-state index in [1.165, 1.54) is 36.4 Å². The van der Waals surface area contributed by atoms with Gasteiger partial charge in [-0.15, -0.1) is 0 Å². The number of hydrogen-bond donors (Lipinski definition) is 1.